The predicted octanol–water partition coefficient (Wildman–Crippen LogP) is 3.16. The molecule has 0 amide bonds. The summed E-state index contributed by atoms with van der Waals surface area (Å²) in [6.45, 7) is 4.43. The van der Waals surface area contributed by atoms with Crippen molar-refractivity contribution in [3.8, 4) is 0 Å². The third-order valence-corrected chi connectivity index (χ3v) is 4.53. The van der Waals surface area contributed by atoms with Crippen molar-refractivity contribution >= 4 is 11.3 Å². The van der Waals surface area contributed by atoms with Gasteiger partial charge in [-0.25, -0.2) is 4.98 Å². The van der Waals surface area contributed by atoms with Crippen LogP contribution in [0.4, 0.5) is 0 Å². The molecule has 0 spiro atoms. The maximum Gasteiger partial charge on any atom is 0.0797 e. The lowest BCUT2D eigenvalue weighted by atomic mass is 9.89. The first-order valence-corrected chi connectivity index (χ1v) is 7.34. The van der Waals surface area contributed by atoms with E-state index in [0.717, 1.165) is 18.9 Å². The summed E-state index contributed by atoms with van der Waals surface area (Å²) in [4.78, 5) is 5.72. The van der Waals surface area contributed by atoms with Gasteiger partial charge in [-0.15, -0.1) is 11.3 Å². The van der Waals surface area contributed by atoms with Crippen molar-refractivity contribution in [2.75, 3.05) is 13.1 Å². The number of nitrogens with one attached hydrogen (secondary N) is 1. The van der Waals surface area contributed by atoms with Crippen LogP contribution in [0.1, 0.15) is 42.7 Å². The fraction of sp³-hybridized carbons (Fsp3) is 0.769. The van der Waals surface area contributed by atoms with Crippen molar-refractivity contribution in [1.29, 1.82) is 0 Å². The molecule has 1 saturated carbocycles. The van der Waals surface area contributed by atoms with Gasteiger partial charge >= 0.3 is 0 Å². The van der Waals surface area contributed by atoms with E-state index in [9.17, 15) is 0 Å². The highest BCUT2D eigenvalue weighted by molar-refractivity contribution is 7.09. The van der Waals surface area contributed by atoms with Gasteiger partial charge in [-0.2, -0.15) is 0 Å². The lowest BCUT2D eigenvalue weighted by Gasteiger charge is -2.21. The van der Waals surface area contributed by atoms with Crippen molar-refractivity contribution in [1.82, 2.24) is 10.3 Å². The van der Waals surface area contributed by atoms with Crippen LogP contribution in [0, 0.1) is 12.8 Å². The number of aromatic nitrogens is 1. The lowest BCUT2D eigenvalue weighted by molar-refractivity contribution is 0.343. The average Bonchev–Trinajstić information content (AvgIpc) is 2.72. The molecule has 0 aliphatic heterocycles. The van der Waals surface area contributed by atoms with Crippen LogP contribution < -0.4 is 5.32 Å². The van der Waals surface area contributed by atoms with Gasteiger partial charge in [-0.3, -0.25) is 0 Å². The quantitative estimate of drug-likeness (QED) is 0.797. The second kappa shape index (κ2) is 6.36. The normalized spacial score (nSPS) is 17.8. The molecule has 16 heavy (non-hydrogen) atoms. The van der Waals surface area contributed by atoms with Gasteiger partial charge in [0.2, 0.25) is 0 Å². The summed E-state index contributed by atoms with van der Waals surface area (Å²) >= 11 is 1.78. The van der Waals surface area contributed by atoms with Crippen LogP contribution in [0.3, 0.4) is 0 Å². The maximum absolute atomic E-state index is 4.28. The molecule has 0 bridgehead atoms. The molecule has 0 unspecified atom stereocenters. The summed E-state index contributed by atoms with van der Waals surface area (Å²) in [6.07, 6.45) is 8.36. The molecule has 1 aliphatic carbocycles. The molecule has 1 fully saturated rings. The Labute approximate surface area is 102 Å². The molecule has 1 heterocycles. The van der Waals surface area contributed by atoms with Crippen molar-refractivity contribution in [2.45, 2.75) is 45.4 Å². The number of aryl methyl sites for hydroxylation is 1. The number of hydrogen-bond acceptors (Lipinski definition) is 3. The Bertz CT molecular complexity index is 303. The van der Waals surface area contributed by atoms with Crippen molar-refractivity contribution in [3.63, 3.8) is 0 Å². The molecule has 0 aromatic carbocycles. The van der Waals surface area contributed by atoms with Gasteiger partial charge in [0.15, 0.2) is 0 Å². The first kappa shape index (κ1) is 12.1. The zero-order valence-corrected chi connectivity index (χ0v) is 11.0. The van der Waals surface area contributed by atoms with Crippen molar-refractivity contribution in [3.05, 3.63) is 16.1 Å². The molecular weight excluding hydrogens is 216 g/mol. The summed E-state index contributed by atoms with van der Waals surface area (Å²) in [5.41, 5.74) is 3.16. The Balaban J connectivity index is 1.59. The van der Waals surface area contributed by atoms with Crippen LogP contribution in [0.15, 0.2) is 5.51 Å². The Morgan fingerprint density at radius 2 is 2.19 bits per heavy atom. The van der Waals surface area contributed by atoms with Crippen LogP contribution in [0.25, 0.3) is 0 Å². The summed E-state index contributed by atoms with van der Waals surface area (Å²) in [5, 5.41) is 3.60. The van der Waals surface area contributed by atoms with E-state index in [1.54, 1.807) is 11.3 Å². The summed E-state index contributed by atoms with van der Waals surface area (Å²) < 4.78 is 0. The molecule has 0 radical (unpaired) electrons. The molecule has 1 aromatic heterocycles. The zero-order valence-electron chi connectivity index (χ0n) is 10.2. The lowest BCUT2D eigenvalue weighted by Crippen LogP contribution is -2.26. The minimum absolute atomic E-state index is 0.941. The molecule has 1 aliphatic rings. The zero-order chi connectivity index (χ0) is 11.2. The van der Waals surface area contributed by atoms with E-state index in [-0.39, 0.29) is 0 Å². The summed E-state index contributed by atoms with van der Waals surface area (Å²) in [6, 6.07) is 0. The van der Waals surface area contributed by atoms with E-state index in [0.29, 0.717) is 0 Å². The van der Waals surface area contributed by atoms with Crippen molar-refractivity contribution < 1.29 is 0 Å². The molecule has 1 aromatic rings. The number of rotatable bonds is 5. The minimum atomic E-state index is 0.941. The van der Waals surface area contributed by atoms with Gasteiger partial charge in [0.05, 0.1) is 11.2 Å². The van der Waals surface area contributed by atoms with Gasteiger partial charge in [-0.1, -0.05) is 19.3 Å². The van der Waals surface area contributed by atoms with Gasteiger partial charge in [0.25, 0.3) is 0 Å². The molecule has 2 nitrogen and oxygen atoms in total. The second-order valence-electron chi connectivity index (χ2n) is 4.82. The largest absolute Gasteiger partial charge is 0.316 e. The smallest absolute Gasteiger partial charge is 0.0797 e. The predicted molar refractivity (Wildman–Crippen MR) is 70.0 cm³/mol. The monoisotopic (exact) mass is 238 g/mol. The van der Waals surface area contributed by atoms with E-state index < -0.39 is 0 Å². The molecule has 2 rings (SSSR count). The van der Waals surface area contributed by atoms with Gasteiger partial charge in [-0.05, 0) is 38.6 Å². The third-order valence-electron chi connectivity index (χ3n) is 3.53. The Morgan fingerprint density at radius 1 is 1.38 bits per heavy atom. The van der Waals surface area contributed by atoms with Crippen LogP contribution >= 0.6 is 11.3 Å². The van der Waals surface area contributed by atoms with Crippen molar-refractivity contribution in [2.24, 2.45) is 5.92 Å². The van der Waals surface area contributed by atoms with E-state index in [2.05, 4.69) is 17.2 Å². The maximum atomic E-state index is 4.28. The third kappa shape index (κ3) is 3.56. The fourth-order valence-corrected chi connectivity index (χ4v) is 3.25. The summed E-state index contributed by atoms with van der Waals surface area (Å²) in [5.74, 6) is 0.941. The second-order valence-corrected chi connectivity index (χ2v) is 5.76. The first-order chi connectivity index (χ1) is 7.86. The highest BCUT2D eigenvalue weighted by atomic mass is 32.1. The Morgan fingerprint density at radius 3 is 2.88 bits per heavy atom. The summed E-state index contributed by atoms with van der Waals surface area (Å²) in [7, 11) is 0. The van der Waals surface area contributed by atoms with Crippen LogP contribution in [-0.4, -0.2) is 18.1 Å². The van der Waals surface area contributed by atoms with Crippen LogP contribution in [0.2, 0.25) is 0 Å². The van der Waals surface area contributed by atoms with Gasteiger partial charge in [0.1, 0.15) is 0 Å². The van der Waals surface area contributed by atoms with Gasteiger partial charge < -0.3 is 5.32 Å². The molecule has 1 N–H and O–H groups in total. The minimum Gasteiger partial charge on any atom is -0.316 e. The van der Waals surface area contributed by atoms with Gasteiger partial charge in [0, 0.05) is 11.4 Å². The SMILES string of the molecule is Cc1ncsc1CCNCC1CCCCC1. The Kier molecular flexibility index (Phi) is 4.79. The fourth-order valence-electron chi connectivity index (χ4n) is 2.47. The molecule has 3 heteroatoms. The molecular formula is C13H22N2S. The topological polar surface area (TPSA) is 24.9 Å². The van der Waals surface area contributed by atoms with E-state index in [1.807, 2.05) is 5.51 Å². The van der Waals surface area contributed by atoms with Crippen LogP contribution in [0.5, 0.6) is 0 Å². The first-order valence-electron chi connectivity index (χ1n) is 6.46. The standard InChI is InChI=1S/C13H22N2S/c1-11-13(16-10-15-11)7-8-14-9-12-5-3-2-4-6-12/h10,12,14H,2-9H2,1H3. The van der Waals surface area contributed by atoms with E-state index in [4.69, 9.17) is 0 Å². The number of thiazole rings is 1. The highest BCUT2D eigenvalue weighted by Crippen LogP contribution is 2.22. The highest BCUT2D eigenvalue weighted by Gasteiger charge is 2.12. The van der Waals surface area contributed by atoms with E-state index in [1.165, 1.54) is 49.2 Å². The molecule has 0 saturated heterocycles. The van der Waals surface area contributed by atoms with E-state index >= 15 is 0 Å². The molecule has 0 atom stereocenters. The Hall–Kier alpha value is -0.410. The van der Waals surface area contributed by atoms with Crippen LogP contribution in [-0.2, 0) is 6.42 Å². The molecule has 90 valence electrons. The average molecular weight is 238 g/mol. The number of nitrogens with zero attached hydrogens (tertiary/aromatic N) is 1. The number of hydrogen-bond donors (Lipinski definition) is 1.